The maximum absolute atomic E-state index is 11.5. The summed E-state index contributed by atoms with van der Waals surface area (Å²) in [5.41, 5.74) is 2.61. The molecule has 0 saturated heterocycles. The van der Waals surface area contributed by atoms with E-state index in [1.807, 2.05) is 0 Å². The molecule has 118 valence electrons. The van der Waals surface area contributed by atoms with Crippen LogP contribution < -0.4 is 5.48 Å². The third kappa shape index (κ3) is 15.1. The van der Waals surface area contributed by atoms with Crippen molar-refractivity contribution in [2.75, 3.05) is 13.2 Å². The predicted molar refractivity (Wildman–Crippen MR) is 78.4 cm³/mol. The smallest absolute Gasteiger partial charge is 0.303 e. The van der Waals surface area contributed by atoms with Crippen LogP contribution in [0.4, 0.5) is 0 Å². The number of aliphatic carboxylic acids is 1. The molecular weight excluding hydrogens is 258 g/mol. The van der Waals surface area contributed by atoms with Crippen LogP contribution in [0.2, 0.25) is 0 Å². The second-order valence-corrected chi connectivity index (χ2v) is 5.09. The Kier molecular flexibility index (Phi) is 13.8. The fourth-order valence-corrected chi connectivity index (χ4v) is 1.87. The van der Waals surface area contributed by atoms with Gasteiger partial charge in [-0.1, -0.05) is 45.4 Å². The van der Waals surface area contributed by atoms with Crippen LogP contribution in [0.15, 0.2) is 0 Å². The summed E-state index contributed by atoms with van der Waals surface area (Å²) in [4.78, 5) is 26.7. The van der Waals surface area contributed by atoms with Crippen LogP contribution >= 0.6 is 0 Å². The standard InChI is InChI=1S/C15H29NO4/c1-2-3-4-5-6-7-8-10-14(17)13-20-16-12-9-11-15(18)19/h16H,2-13H2,1H3,(H,18,19). The first kappa shape index (κ1) is 19.1. The van der Waals surface area contributed by atoms with E-state index in [2.05, 4.69) is 12.4 Å². The van der Waals surface area contributed by atoms with Gasteiger partial charge in [0.1, 0.15) is 6.61 Å². The van der Waals surface area contributed by atoms with Gasteiger partial charge in [0, 0.05) is 19.4 Å². The van der Waals surface area contributed by atoms with E-state index in [0.29, 0.717) is 19.4 Å². The van der Waals surface area contributed by atoms with Gasteiger partial charge >= 0.3 is 5.97 Å². The highest BCUT2D eigenvalue weighted by Gasteiger charge is 2.02. The highest BCUT2D eigenvalue weighted by Crippen LogP contribution is 2.08. The molecule has 0 unspecified atom stereocenters. The van der Waals surface area contributed by atoms with Crippen molar-refractivity contribution >= 4 is 11.8 Å². The minimum atomic E-state index is -0.818. The zero-order valence-electron chi connectivity index (χ0n) is 12.7. The molecule has 0 rings (SSSR count). The number of hydroxylamine groups is 1. The van der Waals surface area contributed by atoms with E-state index in [0.717, 1.165) is 12.8 Å². The SMILES string of the molecule is CCCCCCCCCC(=O)CONCCCC(=O)O. The molecule has 0 saturated carbocycles. The Morgan fingerprint density at radius 1 is 0.950 bits per heavy atom. The summed E-state index contributed by atoms with van der Waals surface area (Å²) in [7, 11) is 0. The quantitative estimate of drug-likeness (QED) is 0.357. The van der Waals surface area contributed by atoms with Gasteiger partial charge in [0.2, 0.25) is 0 Å². The van der Waals surface area contributed by atoms with E-state index < -0.39 is 5.97 Å². The van der Waals surface area contributed by atoms with Crippen LogP contribution in [-0.4, -0.2) is 30.0 Å². The maximum atomic E-state index is 11.5. The number of hydrogen-bond acceptors (Lipinski definition) is 4. The van der Waals surface area contributed by atoms with Crippen LogP contribution in [0.1, 0.15) is 71.1 Å². The molecule has 0 radical (unpaired) electrons. The zero-order valence-corrected chi connectivity index (χ0v) is 12.7. The Balaban J connectivity index is 3.19. The summed E-state index contributed by atoms with van der Waals surface area (Å²) in [6.07, 6.45) is 9.58. The van der Waals surface area contributed by atoms with E-state index in [9.17, 15) is 9.59 Å². The highest BCUT2D eigenvalue weighted by molar-refractivity contribution is 5.79. The first-order valence-corrected chi connectivity index (χ1v) is 7.75. The third-order valence-electron chi connectivity index (χ3n) is 3.06. The summed E-state index contributed by atoms with van der Waals surface area (Å²) in [5, 5.41) is 8.42. The Morgan fingerprint density at radius 2 is 1.60 bits per heavy atom. The molecule has 20 heavy (non-hydrogen) atoms. The number of carbonyl (C=O) groups is 2. The molecule has 0 amide bonds. The molecule has 0 spiro atoms. The van der Waals surface area contributed by atoms with Gasteiger partial charge in [0.05, 0.1) is 0 Å². The second-order valence-electron chi connectivity index (χ2n) is 5.09. The monoisotopic (exact) mass is 287 g/mol. The Morgan fingerprint density at radius 3 is 2.25 bits per heavy atom. The van der Waals surface area contributed by atoms with Crippen molar-refractivity contribution in [3.63, 3.8) is 0 Å². The maximum Gasteiger partial charge on any atom is 0.303 e. The summed E-state index contributed by atoms with van der Waals surface area (Å²) in [6.45, 7) is 2.73. The average molecular weight is 287 g/mol. The van der Waals surface area contributed by atoms with Crippen LogP contribution in [0.3, 0.4) is 0 Å². The van der Waals surface area contributed by atoms with Crippen molar-refractivity contribution in [3.8, 4) is 0 Å². The van der Waals surface area contributed by atoms with E-state index >= 15 is 0 Å². The molecule has 0 aliphatic rings. The van der Waals surface area contributed by atoms with Gasteiger partial charge in [-0.2, -0.15) is 0 Å². The normalized spacial score (nSPS) is 10.7. The first-order valence-electron chi connectivity index (χ1n) is 7.75. The van der Waals surface area contributed by atoms with E-state index in [-0.39, 0.29) is 18.8 Å². The van der Waals surface area contributed by atoms with Crippen molar-refractivity contribution in [2.45, 2.75) is 71.1 Å². The topological polar surface area (TPSA) is 75.6 Å². The van der Waals surface area contributed by atoms with E-state index in [4.69, 9.17) is 9.94 Å². The highest BCUT2D eigenvalue weighted by atomic mass is 16.6. The lowest BCUT2D eigenvalue weighted by Crippen LogP contribution is -2.21. The molecule has 0 atom stereocenters. The number of Topliss-reactive ketones (excluding diaryl/α,β-unsaturated/α-hetero) is 1. The third-order valence-corrected chi connectivity index (χ3v) is 3.06. The average Bonchev–Trinajstić information content (AvgIpc) is 2.41. The number of carboxylic acids is 1. The molecule has 0 bridgehead atoms. The van der Waals surface area contributed by atoms with Gasteiger partial charge in [-0.25, -0.2) is 5.48 Å². The minimum absolute atomic E-state index is 0.0723. The van der Waals surface area contributed by atoms with Crippen LogP contribution in [0.25, 0.3) is 0 Å². The van der Waals surface area contributed by atoms with Gasteiger partial charge in [-0.05, 0) is 12.8 Å². The van der Waals surface area contributed by atoms with Gasteiger partial charge in [-0.3, -0.25) is 14.4 Å². The second kappa shape index (κ2) is 14.5. The summed E-state index contributed by atoms with van der Waals surface area (Å²) >= 11 is 0. The lowest BCUT2D eigenvalue weighted by Gasteiger charge is -2.04. The zero-order chi connectivity index (χ0) is 15.1. The molecule has 2 N–H and O–H groups in total. The number of nitrogens with one attached hydrogen (secondary N) is 1. The summed E-state index contributed by atoms with van der Waals surface area (Å²) in [5.74, 6) is -0.717. The first-order chi connectivity index (χ1) is 9.66. The molecule has 0 aromatic carbocycles. The molecule has 0 aliphatic heterocycles. The Bertz CT molecular complexity index is 256. The molecule has 0 fully saturated rings. The molecule has 0 heterocycles. The van der Waals surface area contributed by atoms with Crippen LogP contribution in [0, 0.1) is 0 Å². The molecule has 5 heteroatoms. The van der Waals surface area contributed by atoms with Gasteiger partial charge < -0.3 is 5.11 Å². The van der Waals surface area contributed by atoms with E-state index in [1.165, 1.54) is 32.1 Å². The number of ketones is 1. The molecule has 0 aromatic heterocycles. The molecule has 5 nitrogen and oxygen atoms in total. The number of unbranched alkanes of at least 4 members (excludes halogenated alkanes) is 6. The lowest BCUT2D eigenvalue weighted by molar-refractivity contribution is -0.137. The Labute approximate surface area is 122 Å². The lowest BCUT2D eigenvalue weighted by atomic mass is 10.1. The van der Waals surface area contributed by atoms with Gasteiger partial charge in [-0.15, -0.1) is 0 Å². The van der Waals surface area contributed by atoms with Crippen molar-refractivity contribution in [2.24, 2.45) is 0 Å². The fraction of sp³-hybridized carbons (Fsp3) is 0.867. The van der Waals surface area contributed by atoms with Gasteiger partial charge in [0.15, 0.2) is 5.78 Å². The molecular formula is C15H29NO4. The van der Waals surface area contributed by atoms with Crippen LogP contribution in [-0.2, 0) is 14.4 Å². The van der Waals surface area contributed by atoms with E-state index in [1.54, 1.807) is 0 Å². The number of carboxylic acid groups (broad SMARTS) is 1. The number of rotatable bonds is 15. The number of hydrogen-bond donors (Lipinski definition) is 2. The largest absolute Gasteiger partial charge is 0.481 e. The van der Waals surface area contributed by atoms with Crippen molar-refractivity contribution in [1.82, 2.24) is 5.48 Å². The number of carbonyl (C=O) groups excluding carboxylic acids is 1. The van der Waals surface area contributed by atoms with Crippen LogP contribution in [0.5, 0.6) is 0 Å². The minimum Gasteiger partial charge on any atom is -0.481 e. The van der Waals surface area contributed by atoms with Crippen molar-refractivity contribution in [1.29, 1.82) is 0 Å². The van der Waals surface area contributed by atoms with Gasteiger partial charge in [0.25, 0.3) is 0 Å². The summed E-state index contributed by atoms with van der Waals surface area (Å²) < 4.78 is 0. The Hall–Kier alpha value is -0.940. The summed E-state index contributed by atoms with van der Waals surface area (Å²) in [6, 6.07) is 0. The predicted octanol–water partition coefficient (Wildman–Crippen LogP) is 3.08. The molecule has 0 aromatic rings. The van der Waals surface area contributed by atoms with Crippen molar-refractivity contribution in [3.05, 3.63) is 0 Å². The molecule has 0 aliphatic carbocycles. The fourth-order valence-electron chi connectivity index (χ4n) is 1.87. The van der Waals surface area contributed by atoms with Crippen molar-refractivity contribution < 1.29 is 19.5 Å².